The Balaban J connectivity index is 1.82. The second-order valence-corrected chi connectivity index (χ2v) is 7.59. The summed E-state index contributed by atoms with van der Waals surface area (Å²) in [4.78, 5) is 27.5. The summed E-state index contributed by atoms with van der Waals surface area (Å²) < 4.78 is 11.1. The second kappa shape index (κ2) is 8.14. The van der Waals surface area contributed by atoms with Crippen LogP contribution in [0.5, 0.6) is 5.75 Å². The average Bonchev–Trinajstić information content (AvgIpc) is 3.30. The predicted molar refractivity (Wildman–Crippen MR) is 115 cm³/mol. The molecule has 31 heavy (non-hydrogen) atoms. The van der Waals surface area contributed by atoms with Crippen molar-refractivity contribution in [2.75, 3.05) is 7.11 Å². The van der Waals surface area contributed by atoms with Crippen LogP contribution in [0.15, 0.2) is 70.7 Å². The monoisotopic (exact) mass is 417 g/mol. The Hall–Kier alpha value is -3.80. The molecule has 0 saturated carbocycles. The molecule has 0 bridgehead atoms. The molecule has 0 radical (unpaired) electrons. The maximum Gasteiger partial charge on any atom is 0.296 e. The van der Waals surface area contributed by atoms with E-state index in [2.05, 4.69) is 0 Å². The summed E-state index contributed by atoms with van der Waals surface area (Å²) in [7, 11) is 1.57. The van der Waals surface area contributed by atoms with E-state index in [1.54, 1.807) is 38.3 Å². The average molecular weight is 417 g/mol. The molecular formula is C25H23NO5. The van der Waals surface area contributed by atoms with Gasteiger partial charge >= 0.3 is 0 Å². The Kier molecular flexibility index (Phi) is 5.38. The molecule has 2 aromatic carbocycles. The molecule has 4 rings (SSSR count). The number of ether oxygens (including phenoxy) is 1. The molecule has 1 fully saturated rings. The van der Waals surface area contributed by atoms with Gasteiger partial charge in [-0.25, -0.2) is 0 Å². The lowest BCUT2D eigenvalue weighted by atomic mass is 9.98. The highest BCUT2D eigenvalue weighted by Gasteiger charge is 2.47. The number of aliphatic hydroxyl groups excluding tert-OH is 1. The summed E-state index contributed by atoms with van der Waals surface area (Å²) in [6.07, 6.45) is 0. The highest BCUT2D eigenvalue weighted by Crippen LogP contribution is 2.41. The van der Waals surface area contributed by atoms with Crippen molar-refractivity contribution in [1.29, 1.82) is 0 Å². The number of carbonyl (C=O) groups is 2. The van der Waals surface area contributed by atoms with Crippen LogP contribution in [0, 0.1) is 13.8 Å². The summed E-state index contributed by atoms with van der Waals surface area (Å²) in [5, 5.41) is 11.0. The van der Waals surface area contributed by atoms with Crippen LogP contribution in [0.1, 0.15) is 34.3 Å². The van der Waals surface area contributed by atoms with Gasteiger partial charge in [-0.3, -0.25) is 9.59 Å². The maximum atomic E-state index is 13.0. The fourth-order valence-electron chi connectivity index (χ4n) is 3.77. The fraction of sp³-hybridized carbons (Fsp3) is 0.200. The highest BCUT2D eigenvalue weighted by atomic mass is 16.5. The minimum absolute atomic E-state index is 0.0195. The van der Waals surface area contributed by atoms with E-state index >= 15 is 0 Å². The Labute approximate surface area is 180 Å². The zero-order chi connectivity index (χ0) is 22.1. The first-order valence-corrected chi connectivity index (χ1v) is 9.93. The van der Waals surface area contributed by atoms with Gasteiger partial charge in [-0.1, -0.05) is 42.0 Å². The number of ketones is 1. The second-order valence-electron chi connectivity index (χ2n) is 7.59. The molecule has 158 valence electrons. The summed E-state index contributed by atoms with van der Waals surface area (Å²) in [5.41, 5.74) is 2.31. The third kappa shape index (κ3) is 3.84. The third-order valence-electron chi connectivity index (χ3n) is 5.38. The molecule has 0 aliphatic carbocycles. The number of aliphatic hydroxyl groups is 1. The summed E-state index contributed by atoms with van der Waals surface area (Å²) >= 11 is 0. The van der Waals surface area contributed by atoms with Crippen LogP contribution >= 0.6 is 0 Å². The zero-order valence-corrected chi connectivity index (χ0v) is 17.6. The van der Waals surface area contributed by atoms with Crippen molar-refractivity contribution in [3.05, 3.63) is 94.4 Å². The standard InChI is InChI=1S/C25H23NO5/c1-15-7-10-18(11-8-15)23(27)21-22(20-12-9-16(2)31-20)26(25(29)24(21)28)14-17-5-4-6-19(13-17)30-3/h4-13,22,27H,14H2,1-3H3/b23-21-. The number of likely N-dealkylation sites (tertiary alicyclic amines) is 1. The molecular weight excluding hydrogens is 394 g/mol. The van der Waals surface area contributed by atoms with Gasteiger partial charge in [-0.2, -0.15) is 0 Å². The number of hydrogen-bond donors (Lipinski definition) is 1. The van der Waals surface area contributed by atoms with Gasteiger partial charge in [-0.15, -0.1) is 0 Å². The Bertz CT molecular complexity index is 1170. The minimum atomic E-state index is -0.832. The maximum absolute atomic E-state index is 13.0. The van der Waals surface area contributed by atoms with E-state index in [-0.39, 0.29) is 17.9 Å². The number of rotatable bonds is 5. The first kappa shape index (κ1) is 20.5. The number of benzene rings is 2. The summed E-state index contributed by atoms with van der Waals surface area (Å²) in [5.74, 6) is 0.0887. The third-order valence-corrected chi connectivity index (χ3v) is 5.38. The largest absolute Gasteiger partial charge is 0.507 e. The van der Waals surface area contributed by atoms with Crippen LogP contribution in [0.25, 0.3) is 5.76 Å². The summed E-state index contributed by atoms with van der Waals surface area (Å²) in [6.45, 7) is 3.89. The molecule has 3 aromatic rings. The molecule has 1 N–H and O–H groups in total. The molecule has 1 aliphatic heterocycles. The van der Waals surface area contributed by atoms with Crippen molar-refractivity contribution in [1.82, 2.24) is 4.90 Å². The van der Waals surface area contributed by atoms with Gasteiger partial charge in [0.1, 0.15) is 29.1 Å². The summed E-state index contributed by atoms with van der Waals surface area (Å²) in [6, 6.07) is 17.1. The van der Waals surface area contributed by atoms with Crippen molar-refractivity contribution in [2.24, 2.45) is 0 Å². The van der Waals surface area contributed by atoms with Crippen molar-refractivity contribution in [2.45, 2.75) is 26.4 Å². The van der Waals surface area contributed by atoms with Gasteiger partial charge in [0.25, 0.3) is 11.7 Å². The van der Waals surface area contributed by atoms with Crippen LogP contribution in [0.3, 0.4) is 0 Å². The number of hydrogen-bond acceptors (Lipinski definition) is 5. The van der Waals surface area contributed by atoms with Gasteiger partial charge in [0.05, 0.1) is 12.7 Å². The lowest BCUT2D eigenvalue weighted by molar-refractivity contribution is -0.140. The molecule has 1 atom stereocenters. The van der Waals surface area contributed by atoms with Crippen molar-refractivity contribution in [3.63, 3.8) is 0 Å². The highest BCUT2D eigenvalue weighted by molar-refractivity contribution is 6.46. The van der Waals surface area contributed by atoms with E-state index < -0.39 is 17.7 Å². The first-order chi connectivity index (χ1) is 14.9. The van der Waals surface area contributed by atoms with Gasteiger partial charge < -0.3 is 19.2 Å². The van der Waals surface area contributed by atoms with E-state index in [0.29, 0.717) is 22.8 Å². The van der Waals surface area contributed by atoms with Crippen LogP contribution in [-0.2, 0) is 16.1 Å². The number of carbonyl (C=O) groups excluding carboxylic acids is 2. The molecule has 1 aliphatic rings. The van der Waals surface area contributed by atoms with E-state index in [1.807, 2.05) is 43.3 Å². The minimum Gasteiger partial charge on any atom is -0.507 e. The number of amides is 1. The van der Waals surface area contributed by atoms with Crippen LogP contribution in [0.4, 0.5) is 0 Å². The topological polar surface area (TPSA) is 80.0 Å². The lowest BCUT2D eigenvalue weighted by Crippen LogP contribution is -2.29. The van der Waals surface area contributed by atoms with Gasteiger partial charge in [0.2, 0.25) is 0 Å². The Morgan fingerprint density at radius 1 is 1.06 bits per heavy atom. The fourth-order valence-corrected chi connectivity index (χ4v) is 3.77. The van der Waals surface area contributed by atoms with Crippen molar-refractivity contribution < 1.29 is 23.8 Å². The van der Waals surface area contributed by atoms with Crippen molar-refractivity contribution >= 4 is 17.4 Å². The van der Waals surface area contributed by atoms with Crippen LogP contribution in [0.2, 0.25) is 0 Å². The number of Topliss-reactive ketones (excluding diaryl/α,β-unsaturated/α-hetero) is 1. The molecule has 6 nitrogen and oxygen atoms in total. The number of furan rings is 1. The van der Waals surface area contributed by atoms with E-state index in [0.717, 1.165) is 11.1 Å². The van der Waals surface area contributed by atoms with Crippen molar-refractivity contribution in [3.8, 4) is 5.75 Å². The molecule has 1 amide bonds. The SMILES string of the molecule is COc1cccc(CN2C(=O)C(=O)/C(=C(\O)c3ccc(C)cc3)C2c2ccc(C)o2)c1. The molecule has 1 aromatic heterocycles. The molecule has 1 unspecified atom stereocenters. The smallest absolute Gasteiger partial charge is 0.296 e. The van der Waals surface area contributed by atoms with Gasteiger partial charge in [0.15, 0.2) is 0 Å². The van der Waals surface area contributed by atoms with E-state index in [4.69, 9.17) is 9.15 Å². The Morgan fingerprint density at radius 2 is 1.81 bits per heavy atom. The molecule has 6 heteroatoms. The number of nitrogens with zero attached hydrogens (tertiary/aromatic N) is 1. The number of aryl methyl sites for hydroxylation is 2. The van der Waals surface area contributed by atoms with E-state index in [9.17, 15) is 14.7 Å². The first-order valence-electron chi connectivity index (χ1n) is 9.93. The van der Waals surface area contributed by atoms with Gasteiger partial charge in [0, 0.05) is 12.1 Å². The molecule has 2 heterocycles. The normalized spacial score (nSPS) is 17.9. The molecule has 0 spiro atoms. The predicted octanol–water partition coefficient (Wildman–Crippen LogP) is 4.53. The zero-order valence-electron chi connectivity index (χ0n) is 17.6. The van der Waals surface area contributed by atoms with Crippen LogP contribution in [-0.4, -0.2) is 28.8 Å². The molecule has 1 saturated heterocycles. The van der Waals surface area contributed by atoms with Crippen LogP contribution < -0.4 is 4.74 Å². The van der Waals surface area contributed by atoms with E-state index in [1.165, 1.54) is 4.90 Å². The quantitative estimate of drug-likeness (QED) is 0.375. The van der Waals surface area contributed by atoms with Gasteiger partial charge in [-0.05, 0) is 43.7 Å². The Morgan fingerprint density at radius 3 is 2.45 bits per heavy atom. The number of methoxy groups -OCH3 is 1. The lowest BCUT2D eigenvalue weighted by Gasteiger charge is -2.23.